The first kappa shape index (κ1) is 16.3. The van der Waals surface area contributed by atoms with Crippen LogP contribution in [0.1, 0.15) is 21.6 Å². The van der Waals surface area contributed by atoms with Gasteiger partial charge < -0.3 is 9.72 Å². The molecule has 1 N–H and O–H groups in total. The molecule has 118 valence electrons. The van der Waals surface area contributed by atoms with Gasteiger partial charge in [-0.15, -0.1) is 0 Å². The standard InChI is InChI=1S/C16H12BrCl2N3O/c1-9-4-11(18)5-13(19)12(9)6-20-16(23)14-8-22-7-10(17)2-3-15(22)21-14/h2-5,7-8H,6H2,1H3,(H,20,23). The Kier molecular flexibility index (Phi) is 4.62. The highest BCUT2D eigenvalue weighted by atomic mass is 79.9. The van der Waals surface area contributed by atoms with E-state index in [0.29, 0.717) is 27.9 Å². The van der Waals surface area contributed by atoms with Gasteiger partial charge in [0.25, 0.3) is 5.91 Å². The van der Waals surface area contributed by atoms with Crippen molar-refractivity contribution >= 4 is 50.7 Å². The molecule has 2 heterocycles. The molecule has 0 unspecified atom stereocenters. The molecule has 0 aliphatic heterocycles. The number of rotatable bonds is 3. The Morgan fingerprint density at radius 1 is 1.30 bits per heavy atom. The van der Waals surface area contributed by atoms with Crippen LogP contribution in [0.3, 0.4) is 0 Å². The Balaban J connectivity index is 1.79. The van der Waals surface area contributed by atoms with Crippen molar-refractivity contribution in [2.45, 2.75) is 13.5 Å². The van der Waals surface area contributed by atoms with Crippen molar-refractivity contribution in [3.8, 4) is 0 Å². The molecule has 0 aliphatic rings. The fourth-order valence-corrected chi connectivity index (χ4v) is 3.30. The molecule has 0 bridgehead atoms. The number of hydrogen-bond donors (Lipinski definition) is 1. The van der Waals surface area contributed by atoms with Crippen LogP contribution in [0.2, 0.25) is 10.0 Å². The lowest BCUT2D eigenvalue weighted by molar-refractivity contribution is 0.0946. The van der Waals surface area contributed by atoms with Gasteiger partial charge in [-0.2, -0.15) is 0 Å². The topological polar surface area (TPSA) is 46.4 Å². The lowest BCUT2D eigenvalue weighted by Crippen LogP contribution is -2.23. The zero-order chi connectivity index (χ0) is 16.6. The minimum absolute atomic E-state index is 0.254. The number of nitrogens with one attached hydrogen (secondary N) is 1. The van der Waals surface area contributed by atoms with Gasteiger partial charge in [-0.1, -0.05) is 23.2 Å². The summed E-state index contributed by atoms with van der Waals surface area (Å²) in [7, 11) is 0. The maximum absolute atomic E-state index is 12.3. The number of aryl methyl sites for hydroxylation is 1. The van der Waals surface area contributed by atoms with Crippen molar-refractivity contribution in [1.82, 2.24) is 14.7 Å². The van der Waals surface area contributed by atoms with Crippen molar-refractivity contribution in [2.75, 3.05) is 0 Å². The van der Waals surface area contributed by atoms with Crippen molar-refractivity contribution in [1.29, 1.82) is 0 Å². The Bertz CT molecular complexity index is 884. The molecule has 7 heteroatoms. The van der Waals surface area contributed by atoms with E-state index >= 15 is 0 Å². The predicted molar refractivity (Wildman–Crippen MR) is 95.3 cm³/mol. The number of pyridine rings is 1. The highest BCUT2D eigenvalue weighted by Gasteiger charge is 2.13. The molecule has 3 rings (SSSR count). The molecule has 0 atom stereocenters. The summed E-state index contributed by atoms with van der Waals surface area (Å²) in [5.41, 5.74) is 2.84. The van der Waals surface area contributed by atoms with E-state index in [0.717, 1.165) is 15.6 Å². The molecule has 0 saturated carbocycles. The summed E-state index contributed by atoms with van der Waals surface area (Å²) in [5, 5.41) is 3.95. The van der Waals surface area contributed by atoms with Gasteiger partial charge in [-0.3, -0.25) is 4.79 Å². The second-order valence-electron chi connectivity index (χ2n) is 5.10. The van der Waals surface area contributed by atoms with Gasteiger partial charge in [0.05, 0.1) is 0 Å². The van der Waals surface area contributed by atoms with Crippen LogP contribution >= 0.6 is 39.1 Å². The lowest BCUT2D eigenvalue weighted by atomic mass is 10.1. The maximum Gasteiger partial charge on any atom is 0.271 e. The number of carbonyl (C=O) groups excluding carboxylic acids is 1. The van der Waals surface area contributed by atoms with Gasteiger partial charge >= 0.3 is 0 Å². The van der Waals surface area contributed by atoms with Crippen LogP contribution in [-0.4, -0.2) is 15.3 Å². The highest BCUT2D eigenvalue weighted by molar-refractivity contribution is 9.10. The fourth-order valence-electron chi connectivity index (χ4n) is 2.29. The number of nitrogens with zero attached hydrogens (tertiary/aromatic N) is 2. The molecule has 0 spiro atoms. The third-order valence-corrected chi connectivity index (χ3v) is 4.48. The Labute approximate surface area is 151 Å². The van der Waals surface area contributed by atoms with Crippen molar-refractivity contribution in [2.24, 2.45) is 0 Å². The summed E-state index contributed by atoms with van der Waals surface area (Å²) in [6, 6.07) is 7.19. The van der Waals surface area contributed by atoms with Crippen LogP contribution in [0, 0.1) is 6.92 Å². The molecule has 3 aromatic rings. The fraction of sp³-hybridized carbons (Fsp3) is 0.125. The average molecular weight is 413 g/mol. The monoisotopic (exact) mass is 411 g/mol. The maximum atomic E-state index is 12.3. The zero-order valence-electron chi connectivity index (χ0n) is 12.1. The van der Waals surface area contributed by atoms with E-state index in [4.69, 9.17) is 23.2 Å². The number of aromatic nitrogens is 2. The number of imidazole rings is 1. The van der Waals surface area contributed by atoms with Crippen molar-refractivity contribution in [3.63, 3.8) is 0 Å². The summed E-state index contributed by atoms with van der Waals surface area (Å²) < 4.78 is 2.71. The van der Waals surface area contributed by atoms with Gasteiger partial charge in [0.15, 0.2) is 0 Å². The van der Waals surface area contributed by atoms with Gasteiger partial charge in [-0.05, 0) is 58.2 Å². The number of carbonyl (C=O) groups is 1. The first-order valence-corrected chi connectivity index (χ1v) is 8.36. The largest absolute Gasteiger partial charge is 0.347 e. The molecular formula is C16H12BrCl2N3O. The van der Waals surface area contributed by atoms with Gasteiger partial charge in [-0.25, -0.2) is 4.98 Å². The van der Waals surface area contributed by atoms with Crippen LogP contribution in [-0.2, 0) is 6.54 Å². The van der Waals surface area contributed by atoms with E-state index < -0.39 is 0 Å². The molecule has 0 fully saturated rings. The third kappa shape index (κ3) is 3.52. The second-order valence-corrected chi connectivity index (χ2v) is 6.86. The van der Waals surface area contributed by atoms with Crippen LogP contribution in [0.15, 0.2) is 41.1 Å². The summed E-state index contributed by atoms with van der Waals surface area (Å²) in [6.07, 6.45) is 3.53. The summed E-state index contributed by atoms with van der Waals surface area (Å²) in [5.74, 6) is -0.254. The number of halogens is 3. The summed E-state index contributed by atoms with van der Waals surface area (Å²) in [6.45, 7) is 2.22. The van der Waals surface area contributed by atoms with E-state index in [1.54, 1.807) is 16.7 Å². The second kappa shape index (κ2) is 6.51. The molecule has 2 aromatic heterocycles. The normalized spacial score (nSPS) is 11.0. The SMILES string of the molecule is Cc1cc(Cl)cc(Cl)c1CNC(=O)c1cn2cc(Br)ccc2n1. The van der Waals surface area contributed by atoms with E-state index in [1.165, 1.54) is 0 Å². The highest BCUT2D eigenvalue weighted by Crippen LogP contribution is 2.24. The van der Waals surface area contributed by atoms with Crippen molar-refractivity contribution < 1.29 is 4.79 Å². The third-order valence-electron chi connectivity index (χ3n) is 3.46. The molecule has 0 saturated heterocycles. The predicted octanol–water partition coefficient (Wildman–Crippen LogP) is 4.64. The Morgan fingerprint density at radius 2 is 2.09 bits per heavy atom. The van der Waals surface area contributed by atoms with E-state index in [-0.39, 0.29) is 5.91 Å². The van der Waals surface area contributed by atoms with Gasteiger partial charge in [0.2, 0.25) is 0 Å². The molecule has 0 aliphatic carbocycles. The van der Waals surface area contributed by atoms with Crippen LogP contribution < -0.4 is 5.32 Å². The average Bonchev–Trinajstić information content (AvgIpc) is 2.88. The van der Waals surface area contributed by atoms with Gasteiger partial charge in [0, 0.05) is 33.5 Å². The molecule has 1 amide bonds. The van der Waals surface area contributed by atoms with E-state index in [1.807, 2.05) is 31.3 Å². The first-order chi connectivity index (χ1) is 10.9. The first-order valence-electron chi connectivity index (χ1n) is 6.81. The van der Waals surface area contributed by atoms with E-state index in [2.05, 4.69) is 26.2 Å². The number of fused-ring (bicyclic) bond motifs is 1. The minimum Gasteiger partial charge on any atom is -0.347 e. The molecule has 1 aromatic carbocycles. The molecule has 23 heavy (non-hydrogen) atoms. The zero-order valence-corrected chi connectivity index (χ0v) is 15.2. The lowest BCUT2D eigenvalue weighted by Gasteiger charge is -2.09. The molecule has 4 nitrogen and oxygen atoms in total. The minimum atomic E-state index is -0.254. The quantitative estimate of drug-likeness (QED) is 0.680. The summed E-state index contributed by atoms with van der Waals surface area (Å²) in [4.78, 5) is 16.6. The van der Waals surface area contributed by atoms with E-state index in [9.17, 15) is 4.79 Å². The number of amides is 1. The Hall–Kier alpha value is -1.56. The number of benzene rings is 1. The summed E-state index contributed by atoms with van der Waals surface area (Å²) >= 11 is 15.5. The molecule has 0 radical (unpaired) electrons. The van der Waals surface area contributed by atoms with Gasteiger partial charge in [0.1, 0.15) is 11.3 Å². The molecular weight excluding hydrogens is 401 g/mol. The van der Waals surface area contributed by atoms with Crippen LogP contribution in [0.5, 0.6) is 0 Å². The number of hydrogen-bond acceptors (Lipinski definition) is 2. The van der Waals surface area contributed by atoms with Crippen LogP contribution in [0.25, 0.3) is 5.65 Å². The Morgan fingerprint density at radius 3 is 2.83 bits per heavy atom. The smallest absolute Gasteiger partial charge is 0.271 e. The van der Waals surface area contributed by atoms with Crippen molar-refractivity contribution in [3.05, 3.63) is 68.0 Å². The van der Waals surface area contributed by atoms with Crippen LogP contribution in [0.4, 0.5) is 0 Å².